The first-order chi connectivity index (χ1) is 13.7. The largest absolute Gasteiger partial charge is 0.337 e. The van der Waals surface area contributed by atoms with Gasteiger partial charge in [-0.25, -0.2) is 0 Å². The first-order valence-electron chi connectivity index (χ1n) is 9.47. The number of likely N-dealkylation sites (tertiary alicyclic amines) is 1. The third-order valence-electron chi connectivity index (χ3n) is 4.90. The standard InChI is InChI=1S/C21H23N5O2/c1-25(14-17-10-5-6-12-22-17)15-19(27)26-13-7-11-18(26)21-23-20(24-28-21)16-8-3-2-4-9-16/h2-6,8-10,12,18H,7,11,13-15H2,1H3/t18-/m0/s1. The summed E-state index contributed by atoms with van der Waals surface area (Å²) in [5.41, 5.74) is 1.85. The topological polar surface area (TPSA) is 75.4 Å². The molecule has 2 aromatic heterocycles. The van der Waals surface area contributed by atoms with E-state index in [2.05, 4.69) is 15.1 Å². The lowest BCUT2D eigenvalue weighted by Crippen LogP contribution is -2.38. The van der Waals surface area contributed by atoms with Gasteiger partial charge in [-0.3, -0.25) is 14.7 Å². The Morgan fingerprint density at radius 3 is 2.82 bits per heavy atom. The number of rotatable bonds is 6. The molecule has 0 saturated carbocycles. The SMILES string of the molecule is CN(CC(=O)N1CCC[C@H]1c1nc(-c2ccccc2)no1)Cc1ccccn1. The smallest absolute Gasteiger partial charge is 0.249 e. The second-order valence-electron chi connectivity index (χ2n) is 7.06. The van der Waals surface area contributed by atoms with Crippen molar-refractivity contribution in [1.29, 1.82) is 0 Å². The summed E-state index contributed by atoms with van der Waals surface area (Å²) in [4.78, 5) is 25.6. The van der Waals surface area contributed by atoms with Gasteiger partial charge in [0.15, 0.2) is 0 Å². The average Bonchev–Trinajstić information content (AvgIpc) is 3.39. The van der Waals surface area contributed by atoms with Crippen LogP contribution in [0.4, 0.5) is 0 Å². The molecule has 3 heterocycles. The van der Waals surface area contributed by atoms with Crippen molar-refractivity contribution < 1.29 is 9.32 Å². The number of carbonyl (C=O) groups excluding carboxylic acids is 1. The van der Waals surface area contributed by atoms with Crippen LogP contribution in [-0.2, 0) is 11.3 Å². The Labute approximate surface area is 164 Å². The Kier molecular flexibility index (Phi) is 5.43. The molecule has 4 rings (SSSR count). The highest BCUT2D eigenvalue weighted by atomic mass is 16.5. The van der Waals surface area contributed by atoms with Crippen LogP contribution in [0.15, 0.2) is 59.3 Å². The summed E-state index contributed by atoms with van der Waals surface area (Å²) in [5.74, 6) is 1.14. The highest BCUT2D eigenvalue weighted by Gasteiger charge is 2.34. The predicted molar refractivity (Wildman–Crippen MR) is 104 cm³/mol. The highest BCUT2D eigenvalue weighted by molar-refractivity contribution is 5.79. The van der Waals surface area contributed by atoms with Gasteiger partial charge < -0.3 is 9.42 Å². The fraction of sp³-hybridized carbons (Fsp3) is 0.333. The van der Waals surface area contributed by atoms with Crippen LogP contribution < -0.4 is 0 Å². The van der Waals surface area contributed by atoms with E-state index >= 15 is 0 Å². The van der Waals surface area contributed by atoms with Gasteiger partial charge in [0.05, 0.1) is 12.2 Å². The zero-order valence-electron chi connectivity index (χ0n) is 15.9. The second kappa shape index (κ2) is 8.31. The van der Waals surface area contributed by atoms with Crippen LogP contribution in [0.25, 0.3) is 11.4 Å². The summed E-state index contributed by atoms with van der Waals surface area (Å²) in [6, 6.07) is 15.4. The summed E-state index contributed by atoms with van der Waals surface area (Å²) in [7, 11) is 1.93. The zero-order chi connectivity index (χ0) is 19.3. The van der Waals surface area contributed by atoms with Gasteiger partial charge in [0.25, 0.3) is 0 Å². The Hall–Kier alpha value is -3.06. The number of pyridine rings is 1. The number of hydrogen-bond acceptors (Lipinski definition) is 6. The van der Waals surface area contributed by atoms with Crippen molar-refractivity contribution in [2.75, 3.05) is 20.1 Å². The van der Waals surface area contributed by atoms with E-state index in [9.17, 15) is 4.79 Å². The molecular formula is C21H23N5O2. The van der Waals surface area contributed by atoms with E-state index in [0.29, 0.717) is 31.3 Å². The lowest BCUT2D eigenvalue weighted by Gasteiger charge is -2.25. The van der Waals surface area contributed by atoms with Gasteiger partial charge >= 0.3 is 0 Å². The summed E-state index contributed by atoms with van der Waals surface area (Å²) in [6.45, 7) is 1.67. The van der Waals surface area contributed by atoms with E-state index in [1.54, 1.807) is 6.20 Å². The van der Waals surface area contributed by atoms with E-state index in [1.807, 2.05) is 65.4 Å². The number of nitrogens with zero attached hydrogens (tertiary/aromatic N) is 5. The van der Waals surface area contributed by atoms with Gasteiger partial charge in [-0.1, -0.05) is 41.6 Å². The Morgan fingerprint density at radius 2 is 2.04 bits per heavy atom. The lowest BCUT2D eigenvalue weighted by molar-refractivity contribution is -0.133. The first-order valence-corrected chi connectivity index (χ1v) is 9.47. The van der Waals surface area contributed by atoms with Crippen LogP contribution in [-0.4, -0.2) is 51.0 Å². The number of hydrogen-bond donors (Lipinski definition) is 0. The van der Waals surface area contributed by atoms with Crippen molar-refractivity contribution in [3.63, 3.8) is 0 Å². The molecule has 0 radical (unpaired) electrons. The number of likely N-dealkylation sites (N-methyl/N-ethyl adjacent to an activating group) is 1. The molecule has 1 amide bonds. The van der Waals surface area contributed by atoms with Gasteiger partial charge in [0.2, 0.25) is 17.6 Å². The second-order valence-corrected chi connectivity index (χ2v) is 7.06. The van der Waals surface area contributed by atoms with Crippen molar-refractivity contribution in [1.82, 2.24) is 24.9 Å². The molecule has 7 heteroatoms. The van der Waals surface area contributed by atoms with Crippen LogP contribution in [0.1, 0.15) is 30.5 Å². The molecule has 3 aromatic rings. The summed E-state index contributed by atoms with van der Waals surface area (Å²) in [6.07, 6.45) is 3.54. The fourth-order valence-corrected chi connectivity index (χ4v) is 3.54. The molecule has 1 atom stereocenters. The van der Waals surface area contributed by atoms with Gasteiger partial charge in [-0.2, -0.15) is 4.98 Å². The third-order valence-corrected chi connectivity index (χ3v) is 4.90. The van der Waals surface area contributed by atoms with E-state index < -0.39 is 0 Å². The maximum atomic E-state index is 12.9. The molecule has 144 valence electrons. The van der Waals surface area contributed by atoms with Crippen molar-refractivity contribution in [2.45, 2.75) is 25.4 Å². The van der Waals surface area contributed by atoms with Gasteiger partial charge in [-0.15, -0.1) is 0 Å². The predicted octanol–water partition coefficient (Wildman–Crippen LogP) is 2.93. The van der Waals surface area contributed by atoms with E-state index in [-0.39, 0.29) is 11.9 Å². The minimum atomic E-state index is -0.152. The molecule has 0 N–H and O–H groups in total. The van der Waals surface area contributed by atoms with E-state index in [1.165, 1.54) is 0 Å². The molecule has 1 saturated heterocycles. The van der Waals surface area contributed by atoms with E-state index in [4.69, 9.17) is 4.52 Å². The van der Waals surface area contributed by atoms with Crippen molar-refractivity contribution in [3.8, 4) is 11.4 Å². The normalized spacial score (nSPS) is 16.6. The molecule has 0 bridgehead atoms. The highest BCUT2D eigenvalue weighted by Crippen LogP contribution is 2.32. The molecule has 28 heavy (non-hydrogen) atoms. The summed E-state index contributed by atoms with van der Waals surface area (Å²) < 4.78 is 5.51. The summed E-state index contributed by atoms with van der Waals surface area (Å²) >= 11 is 0. The molecule has 1 fully saturated rings. The van der Waals surface area contributed by atoms with Crippen molar-refractivity contribution in [3.05, 3.63) is 66.3 Å². The molecule has 1 aromatic carbocycles. The average molecular weight is 377 g/mol. The third kappa shape index (κ3) is 4.09. The van der Waals surface area contributed by atoms with Crippen molar-refractivity contribution >= 4 is 5.91 Å². The number of benzene rings is 1. The van der Waals surface area contributed by atoms with Crippen LogP contribution in [0.2, 0.25) is 0 Å². The number of carbonyl (C=O) groups is 1. The molecule has 7 nitrogen and oxygen atoms in total. The zero-order valence-corrected chi connectivity index (χ0v) is 15.9. The molecular weight excluding hydrogens is 354 g/mol. The number of amides is 1. The number of aromatic nitrogens is 3. The molecule has 0 aliphatic carbocycles. The maximum absolute atomic E-state index is 12.9. The van der Waals surface area contributed by atoms with Crippen LogP contribution in [0.3, 0.4) is 0 Å². The quantitative estimate of drug-likeness (QED) is 0.657. The molecule has 1 aliphatic rings. The van der Waals surface area contributed by atoms with E-state index in [0.717, 1.165) is 24.1 Å². The first kappa shape index (κ1) is 18.3. The lowest BCUT2D eigenvalue weighted by atomic mass is 10.2. The molecule has 1 aliphatic heterocycles. The van der Waals surface area contributed by atoms with Gasteiger partial charge in [-0.05, 0) is 32.0 Å². The Balaban J connectivity index is 1.42. The summed E-state index contributed by atoms with van der Waals surface area (Å²) in [5, 5.41) is 4.10. The van der Waals surface area contributed by atoms with Crippen molar-refractivity contribution in [2.24, 2.45) is 0 Å². The van der Waals surface area contributed by atoms with Crippen LogP contribution in [0, 0.1) is 0 Å². The van der Waals surface area contributed by atoms with Gasteiger partial charge in [0.1, 0.15) is 6.04 Å². The van der Waals surface area contributed by atoms with Crippen LogP contribution in [0.5, 0.6) is 0 Å². The monoisotopic (exact) mass is 377 g/mol. The maximum Gasteiger partial charge on any atom is 0.249 e. The molecule has 0 spiro atoms. The molecule has 0 unspecified atom stereocenters. The fourth-order valence-electron chi connectivity index (χ4n) is 3.54. The Bertz CT molecular complexity index is 913. The van der Waals surface area contributed by atoms with Gasteiger partial charge in [0, 0.05) is 24.8 Å². The van der Waals surface area contributed by atoms with Crippen LogP contribution >= 0.6 is 0 Å². The Morgan fingerprint density at radius 1 is 1.21 bits per heavy atom. The minimum absolute atomic E-state index is 0.0698. The minimum Gasteiger partial charge on any atom is -0.337 e.